The third-order valence-electron chi connectivity index (χ3n) is 2.50. The van der Waals surface area contributed by atoms with E-state index in [1.165, 1.54) is 23.0 Å². The second-order valence-corrected chi connectivity index (χ2v) is 3.53. The molecule has 0 aliphatic rings. The van der Waals surface area contributed by atoms with Crippen LogP contribution >= 0.6 is 0 Å². The molecule has 0 saturated carbocycles. The maximum absolute atomic E-state index is 13.6. The first kappa shape index (κ1) is 11.6. The molecule has 0 saturated heterocycles. The molecule has 7 heteroatoms. The maximum Gasteiger partial charge on any atom is 0.164 e. The summed E-state index contributed by atoms with van der Waals surface area (Å²) in [5.41, 5.74) is 3.07. The lowest BCUT2D eigenvalue weighted by molar-refractivity contribution is 0.475. The van der Waals surface area contributed by atoms with Crippen LogP contribution in [-0.2, 0) is 7.05 Å². The molecule has 1 unspecified atom stereocenters. The van der Waals surface area contributed by atoms with E-state index in [2.05, 4.69) is 15.7 Å². The number of benzene rings is 1. The molecule has 0 aliphatic carbocycles. The van der Waals surface area contributed by atoms with E-state index in [4.69, 9.17) is 5.84 Å². The van der Waals surface area contributed by atoms with Gasteiger partial charge >= 0.3 is 0 Å². The van der Waals surface area contributed by atoms with Gasteiger partial charge in [0.2, 0.25) is 0 Å². The van der Waals surface area contributed by atoms with Gasteiger partial charge in [0.25, 0.3) is 0 Å². The molecule has 0 bridgehead atoms. The average molecular weight is 239 g/mol. The Balaban J connectivity index is 2.50. The van der Waals surface area contributed by atoms with Crippen LogP contribution in [0.5, 0.6) is 0 Å². The molecule has 90 valence electrons. The van der Waals surface area contributed by atoms with Crippen LogP contribution in [-0.4, -0.2) is 15.0 Å². The van der Waals surface area contributed by atoms with Crippen molar-refractivity contribution in [3.8, 4) is 0 Å². The van der Waals surface area contributed by atoms with Crippen LogP contribution in [0.4, 0.5) is 8.78 Å². The van der Waals surface area contributed by atoms with Crippen molar-refractivity contribution < 1.29 is 8.78 Å². The summed E-state index contributed by atoms with van der Waals surface area (Å²) in [4.78, 5) is 0. The number of nitrogens with two attached hydrogens (primary N) is 1. The van der Waals surface area contributed by atoms with Crippen LogP contribution in [0.1, 0.15) is 17.3 Å². The lowest BCUT2D eigenvalue weighted by Crippen LogP contribution is -2.31. The third kappa shape index (κ3) is 2.02. The highest BCUT2D eigenvalue weighted by Gasteiger charge is 2.21. The molecule has 1 aromatic carbocycles. The van der Waals surface area contributed by atoms with Gasteiger partial charge in [-0.1, -0.05) is 17.3 Å². The van der Waals surface area contributed by atoms with E-state index in [0.29, 0.717) is 5.69 Å². The SMILES string of the molecule is Cn1nncc1C(NN)c1cccc(F)c1F. The number of hydrogen-bond acceptors (Lipinski definition) is 4. The molecule has 0 spiro atoms. The second kappa shape index (κ2) is 4.56. The van der Waals surface area contributed by atoms with Gasteiger partial charge < -0.3 is 0 Å². The number of rotatable bonds is 3. The summed E-state index contributed by atoms with van der Waals surface area (Å²) >= 11 is 0. The monoisotopic (exact) mass is 239 g/mol. The quantitative estimate of drug-likeness (QED) is 0.609. The summed E-state index contributed by atoms with van der Waals surface area (Å²) in [6.45, 7) is 0. The van der Waals surface area contributed by atoms with Gasteiger partial charge in [0, 0.05) is 12.6 Å². The van der Waals surface area contributed by atoms with Crippen LogP contribution in [0.3, 0.4) is 0 Å². The topological polar surface area (TPSA) is 68.8 Å². The van der Waals surface area contributed by atoms with E-state index in [1.807, 2.05) is 0 Å². The fourth-order valence-corrected chi connectivity index (χ4v) is 1.64. The van der Waals surface area contributed by atoms with Crippen LogP contribution in [0.2, 0.25) is 0 Å². The van der Waals surface area contributed by atoms with Gasteiger partial charge in [-0.15, -0.1) is 5.10 Å². The predicted molar refractivity (Wildman–Crippen MR) is 56.5 cm³/mol. The standard InChI is InChI=1S/C10H11F2N5/c1-17-8(5-14-16-17)10(15-13)6-3-2-4-7(11)9(6)12/h2-5,10,15H,13H2,1H3. The van der Waals surface area contributed by atoms with Crippen molar-refractivity contribution in [3.63, 3.8) is 0 Å². The van der Waals surface area contributed by atoms with Crippen molar-refractivity contribution >= 4 is 0 Å². The highest BCUT2D eigenvalue weighted by molar-refractivity contribution is 5.28. The van der Waals surface area contributed by atoms with Gasteiger partial charge in [0.05, 0.1) is 17.9 Å². The highest BCUT2D eigenvalue weighted by Crippen LogP contribution is 2.23. The lowest BCUT2D eigenvalue weighted by atomic mass is 10.0. The van der Waals surface area contributed by atoms with Gasteiger partial charge in [-0.3, -0.25) is 10.5 Å². The number of nitrogens with zero attached hydrogens (tertiary/aromatic N) is 3. The number of aryl methyl sites for hydroxylation is 1. The lowest BCUT2D eigenvalue weighted by Gasteiger charge is -2.16. The molecule has 17 heavy (non-hydrogen) atoms. The molecule has 3 N–H and O–H groups in total. The molecule has 1 aromatic heterocycles. The van der Waals surface area contributed by atoms with Gasteiger partial charge in [-0.05, 0) is 6.07 Å². The number of hydrogen-bond donors (Lipinski definition) is 2. The van der Waals surface area contributed by atoms with E-state index in [9.17, 15) is 8.78 Å². The normalized spacial score (nSPS) is 12.7. The smallest absolute Gasteiger partial charge is 0.164 e. The maximum atomic E-state index is 13.6. The van der Waals surface area contributed by atoms with Crippen molar-refractivity contribution in [1.29, 1.82) is 0 Å². The summed E-state index contributed by atoms with van der Waals surface area (Å²) in [6.07, 6.45) is 1.44. The zero-order chi connectivity index (χ0) is 12.4. The molecule has 1 atom stereocenters. The van der Waals surface area contributed by atoms with Gasteiger partial charge in [0.1, 0.15) is 0 Å². The van der Waals surface area contributed by atoms with Crippen LogP contribution in [0.25, 0.3) is 0 Å². The molecule has 0 fully saturated rings. The molecule has 2 aromatic rings. The Bertz CT molecular complexity index is 525. The molecular weight excluding hydrogens is 228 g/mol. The highest BCUT2D eigenvalue weighted by atomic mass is 19.2. The zero-order valence-corrected chi connectivity index (χ0v) is 9.06. The average Bonchev–Trinajstić information content (AvgIpc) is 2.72. The third-order valence-corrected chi connectivity index (χ3v) is 2.50. The molecule has 2 rings (SSSR count). The van der Waals surface area contributed by atoms with E-state index >= 15 is 0 Å². The van der Waals surface area contributed by atoms with Crippen LogP contribution in [0.15, 0.2) is 24.4 Å². The first-order valence-corrected chi connectivity index (χ1v) is 4.89. The largest absolute Gasteiger partial charge is 0.271 e. The predicted octanol–water partition coefficient (Wildman–Crippen LogP) is 0.646. The van der Waals surface area contributed by atoms with Crippen molar-refractivity contribution in [3.05, 3.63) is 47.3 Å². The minimum absolute atomic E-state index is 0.109. The van der Waals surface area contributed by atoms with Crippen molar-refractivity contribution in [1.82, 2.24) is 20.4 Å². The minimum atomic E-state index is -0.934. The van der Waals surface area contributed by atoms with Crippen LogP contribution < -0.4 is 11.3 Å². The summed E-state index contributed by atoms with van der Waals surface area (Å²) in [7, 11) is 1.64. The summed E-state index contributed by atoms with van der Waals surface area (Å²) < 4.78 is 28.2. The van der Waals surface area contributed by atoms with Gasteiger partial charge in [-0.2, -0.15) is 0 Å². The molecule has 0 aliphatic heterocycles. The van der Waals surface area contributed by atoms with E-state index in [1.54, 1.807) is 7.05 Å². The first-order valence-electron chi connectivity index (χ1n) is 4.89. The molecule has 5 nitrogen and oxygen atoms in total. The van der Waals surface area contributed by atoms with Gasteiger partial charge in [0.15, 0.2) is 11.6 Å². The zero-order valence-electron chi connectivity index (χ0n) is 9.06. The molecule has 0 amide bonds. The Morgan fingerprint density at radius 3 is 2.76 bits per heavy atom. The fraction of sp³-hybridized carbons (Fsp3) is 0.200. The molecule has 1 heterocycles. The Labute approximate surface area is 96.2 Å². The summed E-state index contributed by atoms with van der Waals surface area (Å²) in [5.74, 6) is 3.52. The van der Waals surface area contributed by atoms with E-state index in [-0.39, 0.29) is 5.56 Å². The minimum Gasteiger partial charge on any atom is -0.271 e. The van der Waals surface area contributed by atoms with E-state index in [0.717, 1.165) is 6.07 Å². The summed E-state index contributed by atoms with van der Waals surface area (Å²) in [5, 5.41) is 7.39. The molecule has 0 radical (unpaired) electrons. The number of hydrazine groups is 1. The van der Waals surface area contributed by atoms with Gasteiger partial charge in [-0.25, -0.2) is 14.2 Å². The Hall–Kier alpha value is -1.86. The fourth-order valence-electron chi connectivity index (χ4n) is 1.64. The second-order valence-electron chi connectivity index (χ2n) is 3.53. The van der Waals surface area contributed by atoms with Crippen LogP contribution in [0, 0.1) is 11.6 Å². The Morgan fingerprint density at radius 1 is 1.41 bits per heavy atom. The van der Waals surface area contributed by atoms with E-state index < -0.39 is 17.7 Å². The summed E-state index contributed by atoms with van der Waals surface area (Å²) in [6, 6.07) is 3.22. The number of aromatic nitrogens is 3. The van der Waals surface area contributed by atoms with Crippen molar-refractivity contribution in [2.75, 3.05) is 0 Å². The Morgan fingerprint density at radius 2 is 2.18 bits per heavy atom. The Kier molecular flexibility index (Phi) is 3.12. The van der Waals surface area contributed by atoms with Crippen molar-refractivity contribution in [2.24, 2.45) is 12.9 Å². The number of nitrogens with one attached hydrogen (secondary N) is 1. The number of halogens is 2. The first-order chi connectivity index (χ1) is 8.15. The molecular formula is C10H11F2N5. The van der Waals surface area contributed by atoms with Crippen molar-refractivity contribution in [2.45, 2.75) is 6.04 Å².